The van der Waals surface area contributed by atoms with Crippen molar-refractivity contribution in [3.05, 3.63) is 63.6 Å². The quantitative estimate of drug-likeness (QED) is 0.436. The smallest absolute Gasteiger partial charge is 0.273 e. The van der Waals surface area contributed by atoms with Crippen molar-refractivity contribution in [3.63, 3.8) is 0 Å². The topological polar surface area (TPSA) is 145 Å². The molecule has 1 fully saturated rings. The summed E-state index contributed by atoms with van der Waals surface area (Å²) in [5.74, 6) is -0.798. The van der Waals surface area contributed by atoms with E-state index in [2.05, 4.69) is 9.69 Å². The normalized spacial score (nSPS) is 14.9. The van der Waals surface area contributed by atoms with Crippen molar-refractivity contribution in [1.29, 1.82) is 0 Å². The van der Waals surface area contributed by atoms with Gasteiger partial charge in [-0.2, -0.15) is 4.37 Å². The number of aromatic nitrogens is 1. The molecule has 0 bridgehead atoms. The average molecular weight is 510 g/mol. The van der Waals surface area contributed by atoms with Gasteiger partial charge in [-0.25, -0.2) is 0 Å². The molecule has 0 unspecified atom stereocenters. The van der Waals surface area contributed by atoms with E-state index in [9.17, 15) is 14.4 Å². The number of nitrogens with one attached hydrogen (secondary N) is 1. The van der Waals surface area contributed by atoms with E-state index >= 15 is 0 Å². The Morgan fingerprint density at radius 3 is 2.42 bits per heavy atom. The molecular weight excluding hydrogens is 478 g/mol. The van der Waals surface area contributed by atoms with Crippen LogP contribution in [0.3, 0.4) is 0 Å². The molecule has 3 aromatic rings. The van der Waals surface area contributed by atoms with Gasteiger partial charge in [0.15, 0.2) is 11.7 Å². The van der Waals surface area contributed by atoms with Gasteiger partial charge in [-0.1, -0.05) is 37.0 Å². The van der Waals surface area contributed by atoms with Gasteiger partial charge in [0.25, 0.3) is 17.7 Å². The molecule has 5 N–H and O–H groups in total. The van der Waals surface area contributed by atoms with E-state index < -0.39 is 17.9 Å². The fourth-order valence-corrected chi connectivity index (χ4v) is 5.42. The molecule has 3 amide bonds. The molecule has 1 aromatic carbocycles. The monoisotopic (exact) mass is 509 g/mol. The lowest BCUT2D eigenvalue weighted by Gasteiger charge is -2.33. The maximum absolute atomic E-state index is 14.1. The summed E-state index contributed by atoms with van der Waals surface area (Å²) in [6, 6.07) is 7.98. The first kappa shape index (κ1) is 25.4. The Bertz CT molecular complexity index is 1290. The Morgan fingerprint density at radius 1 is 1.11 bits per heavy atom. The highest BCUT2D eigenvalue weighted by molar-refractivity contribution is 7.09. The van der Waals surface area contributed by atoms with Crippen LogP contribution in [0.15, 0.2) is 34.7 Å². The van der Waals surface area contributed by atoms with E-state index in [0.717, 1.165) is 54.8 Å². The number of carbonyl (C=O) groups is 3. The first-order chi connectivity index (χ1) is 17.2. The molecule has 0 radical (unpaired) electrons. The van der Waals surface area contributed by atoms with Crippen LogP contribution in [0.1, 0.15) is 81.0 Å². The van der Waals surface area contributed by atoms with Crippen molar-refractivity contribution in [2.24, 2.45) is 5.73 Å². The predicted octanol–water partition coefficient (Wildman–Crippen LogP) is 4.18. The standard InChI is InChI=1S/C26H31N5O4S/c1-14-9-11-18(15(2)13-14)31(26(34)23-20(27)21(24(28)32)30-36-23)22(19-12-10-16(3)35-19)25(33)29-17-7-5-4-6-8-17/h9-13,17,22H,4-8,27H2,1-3H3,(H2,28,32)(H,29,33)/t22-/m1/s1. The lowest BCUT2D eigenvalue weighted by Crippen LogP contribution is -2.47. The van der Waals surface area contributed by atoms with Crippen LogP contribution in [0, 0.1) is 20.8 Å². The van der Waals surface area contributed by atoms with E-state index in [0.29, 0.717) is 17.2 Å². The van der Waals surface area contributed by atoms with Gasteiger partial charge < -0.3 is 21.2 Å². The maximum atomic E-state index is 14.1. The van der Waals surface area contributed by atoms with Crippen LogP contribution in [-0.4, -0.2) is 28.1 Å². The third-order valence-corrected chi connectivity index (χ3v) is 7.33. The highest BCUT2D eigenvalue weighted by Gasteiger charge is 2.39. The molecule has 36 heavy (non-hydrogen) atoms. The number of hydrogen-bond donors (Lipinski definition) is 3. The zero-order valence-corrected chi connectivity index (χ0v) is 21.5. The molecule has 2 heterocycles. The van der Waals surface area contributed by atoms with Crippen molar-refractivity contribution in [3.8, 4) is 0 Å². The Morgan fingerprint density at radius 2 is 1.83 bits per heavy atom. The number of furan rings is 1. The second-order valence-corrected chi connectivity index (χ2v) is 10.1. The molecule has 0 spiro atoms. The first-order valence-electron chi connectivity index (χ1n) is 12.0. The number of nitrogen functional groups attached to an aromatic ring is 1. The molecule has 1 aliphatic carbocycles. The largest absolute Gasteiger partial charge is 0.464 e. The summed E-state index contributed by atoms with van der Waals surface area (Å²) in [5.41, 5.74) is 13.6. The fraction of sp³-hybridized carbons (Fsp3) is 0.385. The minimum Gasteiger partial charge on any atom is -0.464 e. The van der Waals surface area contributed by atoms with Crippen LogP contribution >= 0.6 is 11.5 Å². The summed E-state index contributed by atoms with van der Waals surface area (Å²) >= 11 is 0.780. The maximum Gasteiger partial charge on any atom is 0.273 e. The van der Waals surface area contributed by atoms with Gasteiger partial charge in [-0.3, -0.25) is 19.3 Å². The molecule has 1 saturated carbocycles. The molecule has 1 aliphatic rings. The number of amides is 3. The van der Waals surface area contributed by atoms with Gasteiger partial charge in [0, 0.05) is 11.7 Å². The van der Waals surface area contributed by atoms with Crippen LogP contribution in [0.5, 0.6) is 0 Å². The lowest BCUT2D eigenvalue weighted by molar-refractivity contribution is -0.123. The van der Waals surface area contributed by atoms with Crippen molar-refractivity contribution in [1.82, 2.24) is 9.69 Å². The average Bonchev–Trinajstić information content (AvgIpc) is 3.43. The predicted molar refractivity (Wildman–Crippen MR) is 139 cm³/mol. The van der Waals surface area contributed by atoms with Crippen LogP contribution in [0.4, 0.5) is 11.4 Å². The third-order valence-electron chi connectivity index (χ3n) is 6.47. The van der Waals surface area contributed by atoms with E-state index in [4.69, 9.17) is 15.9 Å². The van der Waals surface area contributed by atoms with Crippen LogP contribution < -0.4 is 21.7 Å². The second kappa shape index (κ2) is 10.5. The molecule has 10 heteroatoms. The highest BCUT2D eigenvalue weighted by Crippen LogP contribution is 2.36. The molecule has 9 nitrogen and oxygen atoms in total. The minimum atomic E-state index is -1.10. The number of rotatable bonds is 7. The number of aryl methyl sites for hydroxylation is 3. The van der Waals surface area contributed by atoms with Gasteiger partial charge in [-0.15, -0.1) is 0 Å². The molecule has 4 rings (SSSR count). The van der Waals surface area contributed by atoms with Gasteiger partial charge in [0.05, 0.1) is 5.69 Å². The van der Waals surface area contributed by atoms with Crippen molar-refractivity contribution >= 4 is 40.6 Å². The number of hydrogen-bond acceptors (Lipinski definition) is 7. The Labute approximate surface area is 214 Å². The van der Waals surface area contributed by atoms with Crippen molar-refractivity contribution < 1.29 is 18.8 Å². The lowest BCUT2D eigenvalue weighted by atomic mass is 9.95. The molecule has 0 saturated heterocycles. The van der Waals surface area contributed by atoms with Gasteiger partial charge in [0.2, 0.25) is 0 Å². The fourth-order valence-electron chi connectivity index (χ4n) is 4.68. The molecule has 190 valence electrons. The number of nitrogens with zero attached hydrogens (tertiary/aromatic N) is 2. The summed E-state index contributed by atoms with van der Waals surface area (Å²) in [6.45, 7) is 5.60. The van der Waals surface area contributed by atoms with Gasteiger partial charge >= 0.3 is 0 Å². The number of benzene rings is 1. The van der Waals surface area contributed by atoms with Crippen LogP contribution in [-0.2, 0) is 4.79 Å². The number of carbonyl (C=O) groups excluding carboxylic acids is 3. The van der Waals surface area contributed by atoms with Crippen molar-refractivity contribution in [2.45, 2.75) is 65.0 Å². The summed E-state index contributed by atoms with van der Waals surface area (Å²) < 4.78 is 9.90. The molecule has 0 aliphatic heterocycles. The van der Waals surface area contributed by atoms with E-state index in [1.165, 1.54) is 4.90 Å². The molecule has 1 atom stereocenters. The first-order valence-corrected chi connectivity index (χ1v) is 12.8. The number of anilines is 2. The summed E-state index contributed by atoms with van der Waals surface area (Å²) in [4.78, 5) is 41.1. The second-order valence-electron chi connectivity index (χ2n) is 9.30. The number of primary amides is 1. The Kier molecular flexibility index (Phi) is 7.44. The third kappa shape index (κ3) is 5.13. The zero-order valence-electron chi connectivity index (χ0n) is 20.7. The van der Waals surface area contributed by atoms with Gasteiger partial charge in [-0.05, 0) is 68.9 Å². The Hall–Kier alpha value is -3.66. The molecule has 2 aromatic heterocycles. The minimum absolute atomic E-state index is 0.0239. The van der Waals surface area contributed by atoms with Crippen molar-refractivity contribution in [2.75, 3.05) is 10.6 Å². The summed E-state index contributed by atoms with van der Waals surface area (Å²) in [6.07, 6.45) is 5.01. The number of nitrogens with two attached hydrogens (primary N) is 2. The van der Waals surface area contributed by atoms with E-state index in [1.807, 2.05) is 26.0 Å². The highest BCUT2D eigenvalue weighted by atomic mass is 32.1. The van der Waals surface area contributed by atoms with Crippen LogP contribution in [0.2, 0.25) is 0 Å². The Balaban J connectivity index is 1.85. The van der Waals surface area contributed by atoms with E-state index in [1.54, 1.807) is 25.1 Å². The molecular formula is C26H31N5O4S. The van der Waals surface area contributed by atoms with Gasteiger partial charge in [0.1, 0.15) is 16.4 Å². The van der Waals surface area contributed by atoms with E-state index in [-0.39, 0.29) is 28.2 Å². The summed E-state index contributed by atoms with van der Waals surface area (Å²) in [5, 5.41) is 3.14. The summed E-state index contributed by atoms with van der Waals surface area (Å²) in [7, 11) is 0. The SMILES string of the molecule is Cc1ccc(N(C(=O)c2snc(C(N)=O)c2N)[C@@H](C(=O)NC2CCCCC2)c2ccc(C)o2)c(C)c1. The zero-order chi connectivity index (χ0) is 26.0. The van der Waals surface area contributed by atoms with Crippen LogP contribution in [0.25, 0.3) is 0 Å².